The fourth-order valence-corrected chi connectivity index (χ4v) is 2.23. The summed E-state index contributed by atoms with van der Waals surface area (Å²) in [7, 11) is 0. The van der Waals surface area contributed by atoms with Gasteiger partial charge in [-0.3, -0.25) is 0 Å². The number of rotatable bonds is 12. The van der Waals surface area contributed by atoms with Crippen LogP contribution in [0.3, 0.4) is 0 Å². The molecule has 0 aliphatic carbocycles. The first-order valence-corrected chi connectivity index (χ1v) is 8.18. The Labute approximate surface area is 116 Å². The highest BCUT2D eigenvalue weighted by atomic mass is 14.0. The summed E-state index contributed by atoms with van der Waals surface area (Å²) in [6.45, 7) is 4.28. The molecule has 0 nitrogen and oxygen atoms in total. The molecular formula is C18H33. The van der Waals surface area contributed by atoms with Crippen molar-refractivity contribution in [1.82, 2.24) is 0 Å². The van der Waals surface area contributed by atoms with Gasteiger partial charge in [-0.05, 0) is 6.42 Å². The zero-order valence-corrected chi connectivity index (χ0v) is 12.8. The molecule has 0 saturated heterocycles. The van der Waals surface area contributed by atoms with Crippen molar-refractivity contribution in [1.29, 1.82) is 0 Å². The third-order valence-corrected chi connectivity index (χ3v) is 3.40. The normalized spacial score (nSPS) is 10.1. The maximum atomic E-state index is 3.17. The molecule has 0 heteroatoms. The summed E-state index contributed by atoms with van der Waals surface area (Å²) in [6.07, 6.45) is 20.0. The van der Waals surface area contributed by atoms with Gasteiger partial charge in [0, 0.05) is 12.8 Å². The Bertz CT molecular complexity index is 194. The van der Waals surface area contributed by atoms with Crippen LogP contribution in [0, 0.1) is 18.3 Å². The number of unbranched alkanes of at least 4 members (excludes halogenated alkanes) is 12. The van der Waals surface area contributed by atoms with Gasteiger partial charge in [0.1, 0.15) is 0 Å². The third-order valence-electron chi connectivity index (χ3n) is 3.40. The molecule has 0 atom stereocenters. The van der Waals surface area contributed by atoms with E-state index in [2.05, 4.69) is 18.8 Å². The van der Waals surface area contributed by atoms with Crippen LogP contribution in [-0.2, 0) is 0 Å². The summed E-state index contributed by atoms with van der Waals surface area (Å²) in [4.78, 5) is 0. The second-order valence-corrected chi connectivity index (χ2v) is 5.25. The van der Waals surface area contributed by atoms with E-state index in [1.54, 1.807) is 0 Å². The van der Waals surface area contributed by atoms with E-state index in [0.29, 0.717) is 0 Å². The quantitative estimate of drug-likeness (QED) is 0.281. The van der Waals surface area contributed by atoms with E-state index in [4.69, 9.17) is 0 Å². The molecule has 105 valence electrons. The van der Waals surface area contributed by atoms with Gasteiger partial charge in [-0.25, -0.2) is 0 Å². The molecule has 0 aliphatic rings. The first-order valence-electron chi connectivity index (χ1n) is 8.18. The molecule has 1 radical (unpaired) electrons. The summed E-state index contributed by atoms with van der Waals surface area (Å²) in [5.41, 5.74) is 0. The Morgan fingerprint density at radius 3 is 1.56 bits per heavy atom. The fraction of sp³-hybridized carbons (Fsp3) is 0.833. The fourth-order valence-electron chi connectivity index (χ4n) is 2.23. The molecule has 18 heavy (non-hydrogen) atoms. The highest BCUT2D eigenvalue weighted by Gasteiger charge is 1.92. The monoisotopic (exact) mass is 249 g/mol. The minimum absolute atomic E-state index is 1.09. The van der Waals surface area contributed by atoms with Crippen molar-refractivity contribution in [3.05, 3.63) is 6.42 Å². The molecule has 0 N–H and O–H groups in total. The Hall–Kier alpha value is -0.440. The van der Waals surface area contributed by atoms with Crippen molar-refractivity contribution in [3.8, 4) is 11.8 Å². The first-order chi connectivity index (χ1) is 8.91. The maximum absolute atomic E-state index is 3.17. The molecule has 0 aliphatic heterocycles. The molecule has 0 aromatic heterocycles. The second-order valence-electron chi connectivity index (χ2n) is 5.25. The van der Waals surface area contributed by atoms with E-state index in [1.165, 1.54) is 77.0 Å². The van der Waals surface area contributed by atoms with Crippen LogP contribution >= 0.6 is 0 Å². The lowest BCUT2D eigenvalue weighted by Gasteiger charge is -2.01. The topological polar surface area (TPSA) is 0 Å². The van der Waals surface area contributed by atoms with Crippen LogP contribution in [-0.4, -0.2) is 0 Å². The van der Waals surface area contributed by atoms with Crippen LogP contribution in [0.15, 0.2) is 0 Å². The predicted molar refractivity (Wildman–Crippen MR) is 83.4 cm³/mol. The maximum Gasteiger partial charge on any atom is 0.0309 e. The van der Waals surface area contributed by atoms with Gasteiger partial charge in [0.2, 0.25) is 0 Å². The van der Waals surface area contributed by atoms with Crippen molar-refractivity contribution < 1.29 is 0 Å². The van der Waals surface area contributed by atoms with E-state index < -0.39 is 0 Å². The molecule has 0 aromatic rings. The molecular weight excluding hydrogens is 216 g/mol. The van der Waals surface area contributed by atoms with Gasteiger partial charge < -0.3 is 0 Å². The molecule has 0 amide bonds. The second kappa shape index (κ2) is 16.6. The highest BCUT2D eigenvalue weighted by molar-refractivity contribution is 5.07. The standard InChI is InChI=1S/C18H33/c1-3-5-7-9-11-13-15-17-18-16-14-12-10-8-6-4-2/h3H,4,6,8-18H2,1-2H3. The average Bonchev–Trinajstić information content (AvgIpc) is 2.39. The van der Waals surface area contributed by atoms with E-state index in [-0.39, 0.29) is 0 Å². The van der Waals surface area contributed by atoms with Crippen molar-refractivity contribution in [2.45, 2.75) is 97.3 Å². The summed E-state index contributed by atoms with van der Waals surface area (Å²) in [5.74, 6) is 6.18. The third kappa shape index (κ3) is 15.6. The first kappa shape index (κ1) is 17.6. The Morgan fingerprint density at radius 2 is 1.11 bits per heavy atom. The van der Waals surface area contributed by atoms with Gasteiger partial charge in [0.05, 0.1) is 0 Å². The molecule has 0 aromatic carbocycles. The highest BCUT2D eigenvalue weighted by Crippen LogP contribution is 2.12. The van der Waals surface area contributed by atoms with Crippen molar-refractivity contribution >= 4 is 0 Å². The molecule has 0 spiro atoms. The van der Waals surface area contributed by atoms with Crippen LogP contribution in [0.5, 0.6) is 0 Å². The van der Waals surface area contributed by atoms with E-state index in [0.717, 1.165) is 6.42 Å². The lowest BCUT2D eigenvalue weighted by Crippen LogP contribution is -1.82. The molecule has 0 fully saturated rings. The molecule has 0 bridgehead atoms. The van der Waals surface area contributed by atoms with Gasteiger partial charge in [-0.1, -0.05) is 90.4 Å². The van der Waals surface area contributed by atoms with Gasteiger partial charge in [-0.15, -0.1) is 5.92 Å². The summed E-state index contributed by atoms with van der Waals surface area (Å²) >= 11 is 0. The van der Waals surface area contributed by atoms with Gasteiger partial charge in [-0.2, -0.15) is 0 Å². The lowest BCUT2D eigenvalue weighted by atomic mass is 10.0. The summed E-state index contributed by atoms with van der Waals surface area (Å²) in [5, 5.41) is 0. The van der Waals surface area contributed by atoms with Gasteiger partial charge in [0.25, 0.3) is 0 Å². The van der Waals surface area contributed by atoms with Crippen LogP contribution in [0.25, 0.3) is 0 Å². The molecule has 0 rings (SSSR count). The minimum atomic E-state index is 1.09. The smallest absolute Gasteiger partial charge is 0.0309 e. The Morgan fingerprint density at radius 1 is 0.667 bits per heavy atom. The summed E-state index contributed by atoms with van der Waals surface area (Å²) in [6, 6.07) is 0. The molecule has 0 unspecified atom stereocenters. The number of hydrogen-bond donors (Lipinski definition) is 0. The van der Waals surface area contributed by atoms with Crippen molar-refractivity contribution in [2.24, 2.45) is 0 Å². The lowest BCUT2D eigenvalue weighted by molar-refractivity contribution is 0.545. The van der Waals surface area contributed by atoms with Crippen LogP contribution in [0.1, 0.15) is 97.3 Å². The van der Waals surface area contributed by atoms with Crippen LogP contribution in [0.2, 0.25) is 0 Å². The zero-order chi connectivity index (χ0) is 13.3. The van der Waals surface area contributed by atoms with E-state index in [1.807, 2.05) is 13.3 Å². The molecule has 0 heterocycles. The predicted octanol–water partition coefficient (Wildman–Crippen LogP) is 6.31. The Balaban J connectivity index is 2.94. The van der Waals surface area contributed by atoms with Gasteiger partial charge in [0.15, 0.2) is 0 Å². The minimum Gasteiger partial charge on any atom is -0.103 e. The largest absolute Gasteiger partial charge is 0.103 e. The SMILES string of the molecule is C[CH]C#CCCCCCCCCCCCCCC. The van der Waals surface area contributed by atoms with E-state index in [9.17, 15) is 0 Å². The Kier molecular flexibility index (Phi) is 16.2. The van der Waals surface area contributed by atoms with Crippen LogP contribution < -0.4 is 0 Å². The van der Waals surface area contributed by atoms with Crippen LogP contribution in [0.4, 0.5) is 0 Å². The average molecular weight is 249 g/mol. The summed E-state index contributed by atoms with van der Waals surface area (Å²) < 4.78 is 0. The van der Waals surface area contributed by atoms with Gasteiger partial charge >= 0.3 is 0 Å². The van der Waals surface area contributed by atoms with E-state index >= 15 is 0 Å². The number of hydrogen-bond acceptors (Lipinski definition) is 0. The van der Waals surface area contributed by atoms with Crippen molar-refractivity contribution in [2.75, 3.05) is 0 Å². The molecule has 0 saturated carbocycles. The zero-order valence-electron chi connectivity index (χ0n) is 12.8. The van der Waals surface area contributed by atoms with Crippen molar-refractivity contribution in [3.63, 3.8) is 0 Å².